The zero-order chi connectivity index (χ0) is 16.9. The quantitative estimate of drug-likeness (QED) is 0.604. The van der Waals surface area contributed by atoms with Crippen LogP contribution in [0.2, 0.25) is 0 Å². The number of aliphatic hydroxyl groups excluding tert-OH is 1. The first kappa shape index (κ1) is 18.1. The molecule has 3 heteroatoms. The summed E-state index contributed by atoms with van der Waals surface area (Å²) in [6.07, 6.45) is 6.30. The topological polar surface area (TPSA) is 38.7 Å². The van der Waals surface area contributed by atoms with E-state index in [2.05, 4.69) is 37.2 Å². The molecule has 1 aliphatic carbocycles. The molecular weight excluding hydrogens is 288 g/mol. The molecule has 1 saturated carbocycles. The van der Waals surface area contributed by atoms with Gasteiger partial charge in [-0.3, -0.25) is 0 Å². The van der Waals surface area contributed by atoms with Gasteiger partial charge in [-0.25, -0.2) is 0 Å². The largest absolute Gasteiger partial charge is 0.377 e. The van der Waals surface area contributed by atoms with Crippen LogP contribution in [-0.4, -0.2) is 29.2 Å². The summed E-state index contributed by atoms with van der Waals surface area (Å²) in [5.41, 5.74) is 0. The summed E-state index contributed by atoms with van der Waals surface area (Å²) in [5.74, 6) is 12.2. The van der Waals surface area contributed by atoms with Gasteiger partial charge in [-0.15, -0.1) is 0 Å². The Morgan fingerprint density at radius 2 is 2.00 bits per heavy atom. The molecule has 23 heavy (non-hydrogen) atoms. The third-order valence-electron chi connectivity index (χ3n) is 4.45. The van der Waals surface area contributed by atoms with Crippen molar-refractivity contribution in [1.29, 1.82) is 0 Å². The van der Waals surface area contributed by atoms with Gasteiger partial charge in [-0.2, -0.15) is 0 Å². The standard InChI is InChI=1S/C20H28O3/c1-5-10-15-13-16(15)14-19-18(22-20(3,4)23-19)12-9-7-8-11-17(21)6-2/h6,15-19,21H,2,5,10,12-14H2,1,3-4H3/t15?,16?,17-,18-,19-/m1/s1. The lowest BCUT2D eigenvalue weighted by atomic mass is 10.0. The van der Waals surface area contributed by atoms with E-state index in [1.54, 1.807) is 0 Å². The van der Waals surface area contributed by atoms with Crippen LogP contribution in [0.5, 0.6) is 0 Å². The second kappa shape index (κ2) is 8.02. The molecule has 2 rings (SSSR count). The Labute approximate surface area is 140 Å². The van der Waals surface area contributed by atoms with Crippen molar-refractivity contribution in [3.63, 3.8) is 0 Å². The molecule has 126 valence electrons. The summed E-state index contributed by atoms with van der Waals surface area (Å²) in [6, 6.07) is 0. The zero-order valence-electron chi connectivity index (χ0n) is 14.5. The van der Waals surface area contributed by atoms with Gasteiger partial charge < -0.3 is 14.6 Å². The van der Waals surface area contributed by atoms with Crippen molar-refractivity contribution in [3.8, 4) is 23.7 Å². The van der Waals surface area contributed by atoms with Crippen LogP contribution in [0.1, 0.15) is 52.9 Å². The van der Waals surface area contributed by atoms with Crippen molar-refractivity contribution in [2.75, 3.05) is 0 Å². The predicted octanol–water partition coefficient (Wildman–Crippen LogP) is 3.28. The normalized spacial score (nSPS) is 32.2. The fourth-order valence-electron chi connectivity index (χ4n) is 3.27. The van der Waals surface area contributed by atoms with Gasteiger partial charge in [-0.1, -0.05) is 44.3 Å². The Balaban J connectivity index is 1.86. The zero-order valence-corrected chi connectivity index (χ0v) is 14.5. The number of aliphatic hydroxyl groups is 1. The lowest BCUT2D eigenvalue weighted by molar-refractivity contribution is -0.146. The fraction of sp³-hybridized carbons (Fsp3) is 0.700. The maximum atomic E-state index is 9.25. The molecule has 2 fully saturated rings. The molecule has 0 aromatic heterocycles. The Morgan fingerprint density at radius 3 is 2.70 bits per heavy atom. The molecule has 0 bridgehead atoms. The molecule has 1 saturated heterocycles. The van der Waals surface area contributed by atoms with Gasteiger partial charge in [0.25, 0.3) is 0 Å². The van der Waals surface area contributed by atoms with E-state index in [9.17, 15) is 5.11 Å². The second-order valence-electron chi connectivity index (χ2n) is 6.95. The van der Waals surface area contributed by atoms with Crippen molar-refractivity contribution in [2.45, 2.75) is 77.0 Å². The molecule has 0 radical (unpaired) electrons. The molecule has 0 amide bonds. The highest BCUT2D eigenvalue weighted by molar-refractivity contribution is 5.28. The average molecular weight is 316 g/mol. The van der Waals surface area contributed by atoms with E-state index >= 15 is 0 Å². The van der Waals surface area contributed by atoms with E-state index in [1.807, 2.05) is 13.8 Å². The van der Waals surface area contributed by atoms with E-state index in [0.717, 1.165) is 18.3 Å². The minimum Gasteiger partial charge on any atom is -0.377 e. The predicted molar refractivity (Wildman–Crippen MR) is 91.3 cm³/mol. The van der Waals surface area contributed by atoms with Crippen molar-refractivity contribution < 1.29 is 14.6 Å². The minimum atomic E-state index is -0.813. The van der Waals surface area contributed by atoms with Gasteiger partial charge in [0.2, 0.25) is 0 Å². The summed E-state index contributed by atoms with van der Waals surface area (Å²) in [7, 11) is 0. The molecule has 1 heterocycles. The Kier molecular flexibility index (Phi) is 6.31. The fourth-order valence-corrected chi connectivity index (χ4v) is 3.27. The molecule has 2 unspecified atom stereocenters. The van der Waals surface area contributed by atoms with Crippen LogP contribution < -0.4 is 0 Å². The van der Waals surface area contributed by atoms with Crippen LogP contribution in [-0.2, 0) is 9.47 Å². The van der Waals surface area contributed by atoms with Gasteiger partial charge in [-0.05, 0) is 50.4 Å². The first-order valence-electron chi connectivity index (χ1n) is 8.59. The van der Waals surface area contributed by atoms with Crippen molar-refractivity contribution in [1.82, 2.24) is 0 Å². The van der Waals surface area contributed by atoms with Crippen LogP contribution in [0, 0.1) is 35.5 Å². The summed E-state index contributed by atoms with van der Waals surface area (Å²) < 4.78 is 12.1. The third kappa shape index (κ3) is 5.70. The minimum absolute atomic E-state index is 0.00602. The maximum Gasteiger partial charge on any atom is 0.163 e. The van der Waals surface area contributed by atoms with Crippen LogP contribution >= 0.6 is 0 Å². The van der Waals surface area contributed by atoms with Crippen LogP contribution in [0.15, 0.2) is 12.7 Å². The summed E-state index contributed by atoms with van der Waals surface area (Å²) in [5, 5.41) is 9.25. The highest BCUT2D eigenvalue weighted by Crippen LogP contribution is 2.47. The Bertz CT molecular complexity index is 529. The Morgan fingerprint density at radius 1 is 1.26 bits per heavy atom. The highest BCUT2D eigenvalue weighted by Gasteiger charge is 2.45. The van der Waals surface area contributed by atoms with Crippen molar-refractivity contribution in [3.05, 3.63) is 12.7 Å². The Hall–Kier alpha value is -1.26. The molecule has 0 spiro atoms. The van der Waals surface area contributed by atoms with E-state index in [4.69, 9.17) is 9.47 Å². The van der Waals surface area contributed by atoms with Gasteiger partial charge in [0, 0.05) is 6.42 Å². The van der Waals surface area contributed by atoms with Crippen LogP contribution in [0.25, 0.3) is 0 Å². The lowest BCUT2D eigenvalue weighted by Gasteiger charge is -2.16. The first-order chi connectivity index (χ1) is 10.9. The first-order valence-corrected chi connectivity index (χ1v) is 8.59. The smallest absolute Gasteiger partial charge is 0.163 e. The SMILES string of the molecule is C=C[C@@H](O)C#CC#CC[C@H]1OC(C)(C)O[C@@H]1CC1CC1CCC. The summed E-state index contributed by atoms with van der Waals surface area (Å²) in [6.45, 7) is 9.64. The van der Waals surface area contributed by atoms with Gasteiger partial charge in [0.05, 0.1) is 12.2 Å². The number of rotatable bonds is 6. The van der Waals surface area contributed by atoms with Gasteiger partial charge in [0.1, 0.15) is 6.10 Å². The molecule has 1 aliphatic heterocycles. The second-order valence-corrected chi connectivity index (χ2v) is 6.95. The molecule has 5 atom stereocenters. The van der Waals surface area contributed by atoms with Crippen molar-refractivity contribution in [2.24, 2.45) is 11.8 Å². The third-order valence-corrected chi connectivity index (χ3v) is 4.45. The number of ether oxygens (including phenoxy) is 2. The van der Waals surface area contributed by atoms with Crippen molar-refractivity contribution >= 4 is 0 Å². The van der Waals surface area contributed by atoms with Crippen LogP contribution in [0.4, 0.5) is 0 Å². The summed E-state index contributed by atoms with van der Waals surface area (Å²) >= 11 is 0. The van der Waals surface area contributed by atoms with E-state index in [0.29, 0.717) is 6.42 Å². The average Bonchev–Trinajstić information content (AvgIpc) is 3.14. The maximum absolute atomic E-state index is 9.25. The van der Waals surface area contributed by atoms with E-state index in [-0.39, 0.29) is 12.2 Å². The highest BCUT2D eigenvalue weighted by atomic mass is 16.7. The van der Waals surface area contributed by atoms with E-state index in [1.165, 1.54) is 25.3 Å². The van der Waals surface area contributed by atoms with Gasteiger partial charge in [0.15, 0.2) is 5.79 Å². The van der Waals surface area contributed by atoms with Gasteiger partial charge >= 0.3 is 0 Å². The summed E-state index contributed by atoms with van der Waals surface area (Å²) in [4.78, 5) is 0. The van der Waals surface area contributed by atoms with E-state index < -0.39 is 11.9 Å². The molecule has 2 aliphatic rings. The molecule has 0 aromatic rings. The molecule has 1 N–H and O–H groups in total. The lowest BCUT2D eigenvalue weighted by Crippen LogP contribution is -2.23. The van der Waals surface area contributed by atoms with Crippen LogP contribution in [0.3, 0.4) is 0 Å². The molecule has 3 nitrogen and oxygen atoms in total. The number of hydrogen-bond acceptors (Lipinski definition) is 3. The molecule has 0 aromatic carbocycles. The number of hydrogen-bond donors (Lipinski definition) is 1. The molecular formula is C20H28O3. The monoisotopic (exact) mass is 316 g/mol.